The molecule has 1 aromatic carbocycles. The first kappa shape index (κ1) is 70.9. The highest BCUT2D eigenvalue weighted by atomic mass is 16.5. The van der Waals surface area contributed by atoms with Crippen molar-refractivity contribution in [2.75, 3.05) is 103 Å². The number of pyridine rings is 2. The van der Waals surface area contributed by atoms with Gasteiger partial charge in [-0.25, -0.2) is 9.97 Å². The van der Waals surface area contributed by atoms with E-state index in [0.29, 0.717) is 124 Å². The van der Waals surface area contributed by atoms with Gasteiger partial charge < -0.3 is 51.4 Å². The molecule has 1 atom stereocenters. The number of carboxylic acids is 1. The Bertz CT molecular complexity index is 2460. The Morgan fingerprint density at radius 3 is 1.83 bits per heavy atom. The van der Waals surface area contributed by atoms with Gasteiger partial charge in [0.25, 0.3) is 5.91 Å². The number of unbranched alkanes of at least 4 members (excludes halogenated alkanes) is 16. The number of aromatic nitrogens is 2. The van der Waals surface area contributed by atoms with E-state index >= 15 is 4.79 Å². The van der Waals surface area contributed by atoms with Crippen LogP contribution >= 0.6 is 0 Å². The zero-order chi connectivity index (χ0) is 62.0. The molecular weight excluding hydrogens is 1080 g/mol. The van der Waals surface area contributed by atoms with E-state index in [1.165, 1.54) is 83.5 Å². The maximum Gasteiger partial charge on any atom is 0.303 e. The lowest BCUT2D eigenvalue weighted by Gasteiger charge is -2.36. The van der Waals surface area contributed by atoms with Gasteiger partial charge in [0.2, 0.25) is 23.6 Å². The zero-order valence-corrected chi connectivity index (χ0v) is 53.5. The molecule has 3 heterocycles. The van der Waals surface area contributed by atoms with Gasteiger partial charge in [-0.2, -0.15) is 0 Å². The maximum atomic E-state index is 15.0. The number of likely N-dealkylation sites (N-methyl/N-ethyl adjacent to an activating group) is 1. The number of aryl methyl sites for hydroxylation is 1. The first-order valence-corrected chi connectivity index (χ1v) is 33.0. The SMILES string of the molecule is COc1ccc(C(=O)N(CC(C)(C)CCCCCCCCCCCCCCCCCCCC(=O)NCC[N+](C)(CCC(=O)NCCN)CCC(=O)NCCN)c2cccc(C)n2)c(N2CCC(COc3cc([C@@H](CC(=O)O)C4CC4)ccn3)CC2)c1. The number of nitrogens with zero attached hydrogens (tertiary/aromatic N) is 5. The Balaban J connectivity index is 0.922. The first-order chi connectivity index (χ1) is 41.5. The Kier molecular flexibility index (Phi) is 32.3. The normalized spacial score (nSPS) is 14.2. The number of benzene rings is 1. The number of anilines is 2. The molecule has 1 saturated heterocycles. The molecule has 480 valence electrons. The predicted octanol–water partition coefficient (Wildman–Crippen LogP) is 10.6. The molecule has 2 aliphatic rings. The molecule has 86 heavy (non-hydrogen) atoms. The van der Waals surface area contributed by atoms with E-state index in [4.69, 9.17) is 25.9 Å². The second-order valence-electron chi connectivity index (χ2n) is 25.7. The van der Waals surface area contributed by atoms with Crippen LogP contribution in [-0.2, 0) is 19.2 Å². The molecule has 2 aromatic heterocycles. The summed E-state index contributed by atoms with van der Waals surface area (Å²) in [7, 11) is 3.70. The van der Waals surface area contributed by atoms with Gasteiger partial charge in [0.15, 0.2) is 0 Å². The molecule has 18 heteroatoms. The molecule has 18 nitrogen and oxygen atoms in total. The van der Waals surface area contributed by atoms with E-state index in [1.807, 2.05) is 67.4 Å². The number of methoxy groups -OCH3 is 1. The fourth-order valence-electron chi connectivity index (χ4n) is 12.0. The fourth-order valence-corrected chi connectivity index (χ4v) is 12.0. The number of quaternary nitrogens is 1. The average molecular weight is 1200 g/mol. The zero-order valence-electron chi connectivity index (χ0n) is 53.5. The molecule has 1 aliphatic heterocycles. The summed E-state index contributed by atoms with van der Waals surface area (Å²) in [6.07, 6.45) is 28.8. The number of hydrogen-bond donors (Lipinski definition) is 6. The predicted molar refractivity (Wildman–Crippen MR) is 345 cm³/mol. The highest BCUT2D eigenvalue weighted by Gasteiger charge is 2.35. The summed E-state index contributed by atoms with van der Waals surface area (Å²) in [6.45, 7) is 13.1. The lowest BCUT2D eigenvalue weighted by atomic mass is 9.85. The fraction of sp³-hybridized carbons (Fsp3) is 0.691. The van der Waals surface area contributed by atoms with Crippen molar-refractivity contribution in [3.8, 4) is 11.6 Å². The van der Waals surface area contributed by atoms with Gasteiger partial charge in [-0.3, -0.25) is 28.9 Å². The Hall–Kier alpha value is -5.85. The topological polar surface area (TPSA) is 244 Å². The smallest absolute Gasteiger partial charge is 0.303 e. The number of carbonyl (C=O) groups excluding carboxylic acids is 4. The minimum atomic E-state index is -0.776. The molecule has 4 amide bonds. The molecule has 3 aromatic rings. The highest BCUT2D eigenvalue weighted by Crippen LogP contribution is 2.45. The van der Waals surface area contributed by atoms with E-state index < -0.39 is 5.97 Å². The summed E-state index contributed by atoms with van der Waals surface area (Å²) in [6, 6.07) is 15.6. The van der Waals surface area contributed by atoms with Gasteiger partial charge in [-0.1, -0.05) is 123 Å². The van der Waals surface area contributed by atoms with E-state index in [2.05, 4.69) is 39.7 Å². The molecular formula is C68H111N10O8+. The molecule has 1 aliphatic carbocycles. The number of nitrogens with one attached hydrogen (secondary N) is 3. The van der Waals surface area contributed by atoms with E-state index in [-0.39, 0.29) is 41.4 Å². The van der Waals surface area contributed by atoms with E-state index in [0.717, 1.165) is 87.8 Å². The van der Waals surface area contributed by atoms with E-state index in [9.17, 15) is 24.3 Å². The minimum absolute atomic E-state index is 0.00862. The molecule has 8 N–H and O–H groups in total. The Morgan fingerprint density at radius 1 is 0.721 bits per heavy atom. The summed E-state index contributed by atoms with van der Waals surface area (Å²) >= 11 is 0. The van der Waals surface area contributed by atoms with Crippen molar-refractivity contribution in [3.63, 3.8) is 0 Å². The lowest BCUT2D eigenvalue weighted by molar-refractivity contribution is -0.907. The number of ether oxygens (including phenoxy) is 2. The van der Waals surface area contributed by atoms with Gasteiger partial charge in [-0.05, 0) is 105 Å². The van der Waals surface area contributed by atoms with Crippen LogP contribution in [0.3, 0.4) is 0 Å². The number of aliphatic carboxylic acids is 1. The largest absolute Gasteiger partial charge is 0.497 e. The second-order valence-corrected chi connectivity index (χ2v) is 25.7. The molecule has 0 bridgehead atoms. The van der Waals surface area contributed by atoms with Crippen molar-refractivity contribution in [1.82, 2.24) is 25.9 Å². The molecule has 0 radical (unpaired) electrons. The monoisotopic (exact) mass is 1200 g/mol. The van der Waals surface area contributed by atoms with Crippen molar-refractivity contribution in [2.45, 2.75) is 194 Å². The maximum absolute atomic E-state index is 15.0. The molecule has 0 unspecified atom stereocenters. The molecule has 1 saturated carbocycles. The van der Waals surface area contributed by atoms with Gasteiger partial charge in [0, 0.05) is 76.3 Å². The van der Waals surface area contributed by atoms with Crippen molar-refractivity contribution < 1.29 is 43.0 Å². The van der Waals surface area contributed by atoms with Crippen LogP contribution in [0.25, 0.3) is 0 Å². The first-order valence-electron chi connectivity index (χ1n) is 33.0. The third-order valence-corrected chi connectivity index (χ3v) is 17.5. The molecule has 2 fully saturated rings. The van der Waals surface area contributed by atoms with Crippen LogP contribution in [0.5, 0.6) is 11.6 Å². The van der Waals surface area contributed by atoms with Gasteiger partial charge in [-0.15, -0.1) is 0 Å². The summed E-state index contributed by atoms with van der Waals surface area (Å²) in [4.78, 5) is 77.4. The summed E-state index contributed by atoms with van der Waals surface area (Å²) in [5.74, 6) is 1.75. The number of hydrogen-bond acceptors (Lipinski definition) is 12. The van der Waals surface area contributed by atoms with Crippen molar-refractivity contribution in [1.29, 1.82) is 0 Å². The minimum Gasteiger partial charge on any atom is -0.497 e. The van der Waals surface area contributed by atoms with Crippen LogP contribution in [0.15, 0.2) is 54.7 Å². The standard InChI is InChI=1S/C68H110N10O8/c1-53-24-23-25-61(75-53)77(67(84)58-30-29-57(85-5)49-60(58)76-43-32-54(33-44-76)51-86-65-48-56(31-39-74-65)59(50-66(82)83)55-27-28-55)52-68(2,3)36-22-20-18-16-14-12-10-8-6-7-9-11-13-15-17-19-21-26-62(79)73-42-47-78(4,45-34-63(80)71-40-37-69)46-35-64(81)72-41-38-70/h23-25,29-31,39,48-49,54-55,59H,6-22,26-28,32-38,40-47,50-52,69-70H2,1-5H3,(H3-,71,72,73,79,80,81,82,83)/p+1/t59-/m0/s1. The van der Waals surface area contributed by atoms with Gasteiger partial charge in [0.05, 0.1) is 77.5 Å². The lowest BCUT2D eigenvalue weighted by Crippen LogP contribution is -2.52. The second kappa shape index (κ2) is 39.1. The molecule has 5 rings (SSSR count). The highest BCUT2D eigenvalue weighted by molar-refractivity contribution is 6.09. The van der Waals surface area contributed by atoms with Gasteiger partial charge >= 0.3 is 5.97 Å². The third-order valence-electron chi connectivity index (χ3n) is 17.5. The van der Waals surface area contributed by atoms with Crippen LogP contribution < -0.4 is 46.7 Å². The van der Waals surface area contributed by atoms with Crippen molar-refractivity contribution in [2.24, 2.45) is 28.7 Å². The van der Waals surface area contributed by atoms with Crippen molar-refractivity contribution in [3.05, 3.63) is 71.5 Å². The number of piperidine rings is 1. The third kappa shape index (κ3) is 27.5. The Labute approximate surface area is 516 Å². The number of rotatable bonds is 46. The number of amides is 4. The van der Waals surface area contributed by atoms with E-state index in [1.54, 1.807) is 13.3 Å². The van der Waals surface area contributed by atoms with Crippen LogP contribution in [0.2, 0.25) is 0 Å². The average Bonchev–Trinajstić information content (AvgIpc) is 3.19. The number of carbonyl (C=O) groups is 5. The molecule has 0 spiro atoms. The number of carboxylic acid groups (broad SMARTS) is 1. The van der Waals surface area contributed by atoms with Crippen LogP contribution in [0, 0.1) is 24.2 Å². The van der Waals surface area contributed by atoms with Gasteiger partial charge in [0.1, 0.15) is 11.6 Å². The van der Waals surface area contributed by atoms with Crippen molar-refractivity contribution >= 4 is 41.1 Å². The quantitative estimate of drug-likeness (QED) is 0.0228. The van der Waals surface area contributed by atoms with Crippen LogP contribution in [0.1, 0.15) is 208 Å². The summed E-state index contributed by atoms with van der Waals surface area (Å²) in [5, 5.41) is 18.2. The summed E-state index contributed by atoms with van der Waals surface area (Å²) in [5.41, 5.74) is 14.3. The Morgan fingerprint density at radius 2 is 1.28 bits per heavy atom. The summed E-state index contributed by atoms with van der Waals surface area (Å²) < 4.78 is 12.5. The van der Waals surface area contributed by atoms with Crippen LogP contribution in [-0.4, -0.2) is 142 Å². The van der Waals surface area contributed by atoms with Crippen LogP contribution in [0.4, 0.5) is 11.5 Å². The number of nitrogens with two attached hydrogens (primary N) is 2.